The number of nitrogens with one attached hydrogen (secondary N) is 2. The fourth-order valence-electron chi connectivity index (χ4n) is 4.19. The van der Waals surface area contributed by atoms with E-state index in [1.54, 1.807) is 0 Å². The monoisotopic (exact) mass is 422 g/mol. The van der Waals surface area contributed by atoms with Crippen molar-refractivity contribution in [2.75, 3.05) is 43.9 Å². The molecule has 1 spiro atoms. The van der Waals surface area contributed by atoms with Gasteiger partial charge in [0.2, 0.25) is 21.8 Å². The highest BCUT2D eigenvalue weighted by molar-refractivity contribution is 7.88. The normalized spacial score (nSPS) is 24.6. The standard InChI is InChI=1S/C20H30N4O4S/c1-3-23(16-8-5-4-6-9-16)12-7-11-21-18(25)17-14-20(19(26)22-17)10-13-24(15-20)29(2,27)28/h4-6,8-9,17H,3,7,10-15H2,1-2H3,(H,21,25)(H,22,26)/t17-,20-/m0/s1. The summed E-state index contributed by atoms with van der Waals surface area (Å²) in [5.41, 5.74) is 0.375. The summed E-state index contributed by atoms with van der Waals surface area (Å²) in [5.74, 6) is -0.416. The number of anilines is 1. The Kier molecular flexibility index (Phi) is 6.48. The van der Waals surface area contributed by atoms with E-state index in [0.717, 1.165) is 31.5 Å². The van der Waals surface area contributed by atoms with Gasteiger partial charge in [-0.05, 0) is 38.3 Å². The maximum absolute atomic E-state index is 12.5. The second-order valence-corrected chi connectivity index (χ2v) is 9.90. The van der Waals surface area contributed by atoms with Crippen molar-refractivity contribution in [2.24, 2.45) is 5.41 Å². The van der Waals surface area contributed by atoms with E-state index in [4.69, 9.17) is 0 Å². The molecule has 2 N–H and O–H groups in total. The van der Waals surface area contributed by atoms with E-state index < -0.39 is 21.5 Å². The van der Waals surface area contributed by atoms with Gasteiger partial charge in [-0.2, -0.15) is 0 Å². The molecule has 0 radical (unpaired) electrons. The van der Waals surface area contributed by atoms with Crippen LogP contribution in [-0.2, 0) is 19.6 Å². The summed E-state index contributed by atoms with van der Waals surface area (Å²) in [6.45, 7) is 4.81. The Morgan fingerprint density at radius 1 is 1.34 bits per heavy atom. The van der Waals surface area contributed by atoms with Crippen LogP contribution in [0.15, 0.2) is 30.3 Å². The number of rotatable bonds is 8. The molecule has 2 atom stereocenters. The van der Waals surface area contributed by atoms with Crippen LogP contribution >= 0.6 is 0 Å². The van der Waals surface area contributed by atoms with Crippen LogP contribution in [0, 0.1) is 5.41 Å². The van der Waals surface area contributed by atoms with Crippen molar-refractivity contribution in [1.29, 1.82) is 0 Å². The molecule has 2 amide bonds. The lowest BCUT2D eigenvalue weighted by molar-refractivity contribution is -0.128. The average Bonchev–Trinajstić information content (AvgIpc) is 3.27. The molecule has 1 aromatic rings. The van der Waals surface area contributed by atoms with E-state index in [1.165, 1.54) is 4.31 Å². The largest absolute Gasteiger partial charge is 0.372 e. The van der Waals surface area contributed by atoms with Crippen molar-refractivity contribution < 1.29 is 18.0 Å². The number of benzene rings is 1. The molecule has 1 aromatic carbocycles. The summed E-state index contributed by atoms with van der Waals surface area (Å²) in [4.78, 5) is 27.3. The van der Waals surface area contributed by atoms with Gasteiger partial charge in [0.1, 0.15) is 6.04 Å². The summed E-state index contributed by atoms with van der Waals surface area (Å²) in [7, 11) is -3.33. The van der Waals surface area contributed by atoms with Crippen molar-refractivity contribution in [3.8, 4) is 0 Å². The van der Waals surface area contributed by atoms with Crippen LogP contribution in [0.5, 0.6) is 0 Å². The first-order valence-electron chi connectivity index (χ1n) is 10.1. The lowest BCUT2D eigenvalue weighted by Crippen LogP contribution is -2.42. The molecule has 2 fully saturated rings. The van der Waals surface area contributed by atoms with Gasteiger partial charge in [-0.25, -0.2) is 12.7 Å². The molecule has 3 rings (SSSR count). The number of carbonyl (C=O) groups excluding carboxylic acids is 2. The van der Waals surface area contributed by atoms with Gasteiger partial charge in [-0.15, -0.1) is 0 Å². The molecule has 8 nitrogen and oxygen atoms in total. The maximum Gasteiger partial charge on any atom is 0.242 e. The quantitative estimate of drug-likeness (QED) is 0.597. The summed E-state index contributed by atoms with van der Waals surface area (Å²) in [6.07, 6.45) is 2.74. The van der Waals surface area contributed by atoms with Crippen molar-refractivity contribution in [3.05, 3.63) is 30.3 Å². The molecular formula is C20H30N4O4S. The fourth-order valence-corrected chi connectivity index (χ4v) is 5.09. The van der Waals surface area contributed by atoms with E-state index in [1.807, 2.05) is 18.2 Å². The first kappa shape index (κ1) is 21.6. The summed E-state index contributed by atoms with van der Waals surface area (Å²) < 4.78 is 24.9. The highest BCUT2D eigenvalue weighted by Gasteiger charge is 2.53. The first-order chi connectivity index (χ1) is 13.7. The Morgan fingerprint density at radius 2 is 2.07 bits per heavy atom. The topological polar surface area (TPSA) is 98.8 Å². The number of hydrogen-bond acceptors (Lipinski definition) is 5. The van der Waals surface area contributed by atoms with Gasteiger partial charge >= 0.3 is 0 Å². The molecule has 9 heteroatoms. The smallest absolute Gasteiger partial charge is 0.242 e. The zero-order chi connectivity index (χ0) is 21.1. The van der Waals surface area contributed by atoms with E-state index in [2.05, 4.69) is 34.6 Å². The first-order valence-corrected chi connectivity index (χ1v) is 11.9. The highest BCUT2D eigenvalue weighted by atomic mass is 32.2. The summed E-state index contributed by atoms with van der Waals surface area (Å²) in [6, 6.07) is 9.53. The van der Waals surface area contributed by atoms with Crippen molar-refractivity contribution in [2.45, 2.75) is 32.2 Å². The highest BCUT2D eigenvalue weighted by Crippen LogP contribution is 2.40. The maximum atomic E-state index is 12.5. The molecule has 0 aromatic heterocycles. The van der Waals surface area contributed by atoms with Gasteiger partial charge in [0.25, 0.3) is 0 Å². The van der Waals surface area contributed by atoms with Crippen LogP contribution in [0.3, 0.4) is 0 Å². The number of amides is 2. The molecule has 2 saturated heterocycles. The predicted molar refractivity (Wildman–Crippen MR) is 112 cm³/mol. The van der Waals surface area contributed by atoms with Gasteiger partial charge in [-0.1, -0.05) is 18.2 Å². The van der Waals surface area contributed by atoms with Crippen molar-refractivity contribution in [1.82, 2.24) is 14.9 Å². The molecular weight excluding hydrogens is 392 g/mol. The molecule has 2 aliphatic rings. The van der Waals surface area contributed by atoms with Crippen molar-refractivity contribution >= 4 is 27.5 Å². The van der Waals surface area contributed by atoms with Crippen LogP contribution < -0.4 is 15.5 Å². The van der Waals surface area contributed by atoms with E-state index in [9.17, 15) is 18.0 Å². The van der Waals surface area contributed by atoms with Crippen LogP contribution in [0.4, 0.5) is 5.69 Å². The van der Waals surface area contributed by atoms with Gasteiger partial charge in [-0.3, -0.25) is 9.59 Å². The number of para-hydroxylation sites is 1. The lowest BCUT2D eigenvalue weighted by atomic mass is 9.84. The number of nitrogens with zero attached hydrogens (tertiary/aromatic N) is 2. The molecule has 0 saturated carbocycles. The third kappa shape index (κ3) is 4.90. The van der Waals surface area contributed by atoms with Crippen molar-refractivity contribution in [3.63, 3.8) is 0 Å². The van der Waals surface area contributed by atoms with Gasteiger partial charge in [0.15, 0.2) is 0 Å². The van der Waals surface area contributed by atoms with E-state index in [-0.39, 0.29) is 18.4 Å². The minimum Gasteiger partial charge on any atom is -0.372 e. The molecule has 29 heavy (non-hydrogen) atoms. The Balaban J connectivity index is 1.47. The third-order valence-electron chi connectivity index (χ3n) is 5.89. The molecule has 2 heterocycles. The average molecular weight is 423 g/mol. The summed E-state index contributed by atoms with van der Waals surface area (Å²) in [5, 5.41) is 5.67. The van der Waals surface area contributed by atoms with Crippen LogP contribution in [0.2, 0.25) is 0 Å². The molecule has 0 aliphatic carbocycles. The zero-order valence-corrected chi connectivity index (χ0v) is 17.9. The lowest BCUT2D eigenvalue weighted by Gasteiger charge is -2.23. The van der Waals surface area contributed by atoms with E-state index in [0.29, 0.717) is 25.9 Å². The van der Waals surface area contributed by atoms with Crippen LogP contribution in [0.25, 0.3) is 0 Å². The van der Waals surface area contributed by atoms with Crippen LogP contribution in [-0.4, -0.2) is 69.6 Å². The molecule has 0 unspecified atom stereocenters. The second-order valence-electron chi connectivity index (χ2n) is 7.92. The second kappa shape index (κ2) is 8.71. The predicted octanol–water partition coefficient (Wildman–Crippen LogP) is 0.559. The molecule has 160 valence electrons. The Morgan fingerprint density at radius 3 is 2.69 bits per heavy atom. The number of carbonyl (C=O) groups is 2. The van der Waals surface area contributed by atoms with Crippen LogP contribution in [0.1, 0.15) is 26.2 Å². The van der Waals surface area contributed by atoms with E-state index >= 15 is 0 Å². The Bertz CT molecular complexity index is 845. The third-order valence-corrected chi connectivity index (χ3v) is 7.14. The molecule has 2 aliphatic heterocycles. The van der Waals surface area contributed by atoms with Gasteiger partial charge < -0.3 is 15.5 Å². The zero-order valence-electron chi connectivity index (χ0n) is 17.1. The number of sulfonamides is 1. The fraction of sp³-hybridized carbons (Fsp3) is 0.600. The van der Waals surface area contributed by atoms with Gasteiger partial charge in [0.05, 0.1) is 11.7 Å². The minimum atomic E-state index is -3.33. The SMILES string of the molecule is CCN(CCCNC(=O)[C@@H]1C[C@]2(CCN(S(C)(=O)=O)C2)C(=O)N1)c1ccccc1. The molecule has 0 bridgehead atoms. The number of hydrogen-bond donors (Lipinski definition) is 2. The summed E-state index contributed by atoms with van der Waals surface area (Å²) >= 11 is 0. The Labute approximate surface area is 172 Å². The van der Waals surface area contributed by atoms with Gasteiger partial charge in [0, 0.05) is 38.4 Å². The minimum absolute atomic E-state index is 0.157. The Hall–Kier alpha value is -2.13.